The Morgan fingerprint density at radius 3 is 2.88 bits per heavy atom. The van der Waals surface area contributed by atoms with Gasteiger partial charge in [0.1, 0.15) is 0 Å². The average molecular weight is 216 g/mol. The molecule has 16 heavy (non-hydrogen) atoms. The quantitative estimate of drug-likeness (QED) is 0.847. The first-order valence-corrected chi connectivity index (χ1v) is 5.41. The molecule has 0 aliphatic carbocycles. The van der Waals surface area contributed by atoms with Crippen molar-refractivity contribution in [1.82, 2.24) is 19.9 Å². The Bertz CT molecular complexity index is 434. The lowest BCUT2D eigenvalue weighted by molar-refractivity contribution is 0.588. The van der Waals surface area contributed by atoms with E-state index in [4.69, 9.17) is 0 Å². The number of hydrogen-bond donors (Lipinski definition) is 1. The van der Waals surface area contributed by atoms with Gasteiger partial charge in [0.15, 0.2) is 0 Å². The molecule has 84 valence electrons. The van der Waals surface area contributed by atoms with Crippen molar-refractivity contribution < 1.29 is 0 Å². The molecule has 0 aromatic carbocycles. The summed E-state index contributed by atoms with van der Waals surface area (Å²) in [4.78, 5) is 8.25. The van der Waals surface area contributed by atoms with E-state index in [2.05, 4.69) is 35.2 Å². The maximum atomic E-state index is 4.23. The van der Waals surface area contributed by atoms with Crippen LogP contribution in [0.25, 0.3) is 5.69 Å². The van der Waals surface area contributed by atoms with Crippen LogP contribution < -0.4 is 5.32 Å². The van der Waals surface area contributed by atoms with E-state index in [1.54, 1.807) is 12.5 Å². The first kappa shape index (κ1) is 10.8. The number of pyridine rings is 1. The molecule has 0 radical (unpaired) electrons. The van der Waals surface area contributed by atoms with Crippen molar-refractivity contribution in [1.29, 1.82) is 0 Å². The molecule has 0 saturated heterocycles. The van der Waals surface area contributed by atoms with Gasteiger partial charge < -0.3 is 9.88 Å². The molecular weight excluding hydrogens is 200 g/mol. The molecule has 2 aromatic heterocycles. The molecular formula is C12H16N4. The summed E-state index contributed by atoms with van der Waals surface area (Å²) in [6.07, 6.45) is 9.17. The molecule has 2 heterocycles. The molecule has 0 amide bonds. The first-order chi connectivity index (χ1) is 7.75. The number of rotatable bonds is 4. The molecule has 0 bridgehead atoms. The second-order valence-corrected chi connectivity index (χ2v) is 4.06. The van der Waals surface area contributed by atoms with Crippen LogP contribution in [0.3, 0.4) is 0 Å². The molecule has 4 nitrogen and oxygen atoms in total. The van der Waals surface area contributed by atoms with Gasteiger partial charge in [0.2, 0.25) is 0 Å². The van der Waals surface area contributed by atoms with Gasteiger partial charge in [-0.05, 0) is 11.6 Å². The van der Waals surface area contributed by atoms with Gasteiger partial charge in [-0.1, -0.05) is 13.8 Å². The van der Waals surface area contributed by atoms with Crippen LogP contribution >= 0.6 is 0 Å². The van der Waals surface area contributed by atoms with E-state index in [0.717, 1.165) is 12.2 Å². The molecule has 2 aromatic rings. The van der Waals surface area contributed by atoms with E-state index >= 15 is 0 Å². The maximum absolute atomic E-state index is 4.23. The lowest BCUT2D eigenvalue weighted by atomic mass is 10.2. The van der Waals surface area contributed by atoms with Gasteiger partial charge in [-0.25, -0.2) is 4.98 Å². The summed E-state index contributed by atoms with van der Waals surface area (Å²) in [5.74, 6) is 0. The zero-order chi connectivity index (χ0) is 11.4. The maximum Gasteiger partial charge on any atom is 0.0992 e. The first-order valence-electron chi connectivity index (χ1n) is 5.41. The van der Waals surface area contributed by atoms with Crippen LogP contribution in [-0.2, 0) is 6.54 Å². The Labute approximate surface area is 95.4 Å². The molecule has 0 saturated carbocycles. The van der Waals surface area contributed by atoms with Gasteiger partial charge in [-0.15, -0.1) is 0 Å². The predicted octanol–water partition coefficient (Wildman–Crippen LogP) is 1.77. The number of hydrogen-bond acceptors (Lipinski definition) is 3. The summed E-state index contributed by atoms with van der Waals surface area (Å²) >= 11 is 0. The largest absolute Gasteiger partial charge is 0.310 e. The molecule has 0 spiro atoms. The lowest BCUT2D eigenvalue weighted by Crippen LogP contribution is -2.21. The lowest BCUT2D eigenvalue weighted by Gasteiger charge is -2.09. The van der Waals surface area contributed by atoms with E-state index < -0.39 is 0 Å². The Morgan fingerprint density at radius 1 is 1.31 bits per heavy atom. The smallest absolute Gasteiger partial charge is 0.0992 e. The van der Waals surface area contributed by atoms with Gasteiger partial charge >= 0.3 is 0 Å². The highest BCUT2D eigenvalue weighted by molar-refractivity contribution is 5.31. The zero-order valence-corrected chi connectivity index (χ0v) is 9.59. The van der Waals surface area contributed by atoms with Gasteiger partial charge in [0.05, 0.1) is 18.2 Å². The van der Waals surface area contributed by atoms with Gasteiger partial charge in [-0.3, -0.25) is 4.98 Å². The minimum absolute atomic E-state index is 0.483. The van der Waals surface area contributed by atoms with Crippen LogP contribution in [0.4, 0.5) is 0 Å². The van der Waals surface area contributed by atoms with Crippen LogP contribution in [0.15, 0.2) is 37.2 Å². The highest BCUT2D eigenvalue weighted by Crippen LogP contribution is 2.08. The van der Waals surface area contributed by atoms with Crippen LogP contribution in [0.2, 0.25) is 0 Å². The Kier molecular flexibility index (Phi) is 3.31. The molecule has 0 unspecified atom stereocenters. The normalized spacial score (nSPS) is 10.9. The molecule has 4 heteroatoms. The summed E-state index contributed by atoms with van der Waals surface area (Å²) < 4.78 is 1.95. The molecule has 2 rings (SSSR count). The van der Waals surface area contributed by atoms with E-state index in [1.165, 1.54) is 5.56 Å². The van der Waals surface area contributed by atoms with Crippen molar-refractivity contribution in [2.24, 2.45) is 0 Å². The third-order valence-electron chi connectivity index (χ3n) is 2.30. The van der Waals surface area contributed by atoms with Gasteiger partial charge in [-0.2, -0.15) is 0 Å². The summed E-state index contributed by atoms with van der Waals surface area (Å²) in [6, 6.07) is 2.60. The molecule has 0 atom stereocenters. The fraction of sp³-hybridized carbons (Fsp3) is 0.333. The standard InChI is InChI=1S/C12H16N4/c1-10(2)15-7-11-5-12(8-14-6-11)16-4-3-13-9-16/h3-6,8-10,15H,7H2,1-2H3. The second kappa shape index (κ2) is 4.90. The number of nitrogens with zero attached hydrogens (tertiary/aromatic N) is 3. The van der Waals surface area contributed by atoms with Crippen molar-refractivity contribution in [3.63, 3.8) is 0 Å². The highest BCUT2D eigenvalue weighted by atomic mass is 15.0. The van der Waals surface area contributed by atoms with E-state index in [-0.39, 0.29) is 0 Å². The predicted molar refractivity (Wildman–Crippen MR) is 63.3 cm³/mol. The van der Waals surface area contributed by atoms with E-state index in [0.29, 0.717) is 6.04 Å². The van der Waals surface area contributed by atoms with E-state index in [9.17, 15) is 0 Å². The molecule has 0 fully saturated rings. The molecule has 0 aliphatic rings. The SMILES string of the molecule is CC(C)NCc1cncc(-n2ccnc2)c1. The van der Waals surface area contributed by atoms with Crippen LogP contribution in [-0.4, -0.2) is 20.6 Å². The molecule has 0 aliphatic heterocycles. The minimum atomic E-state index is 0.483. The summed E-state index contributed by atoms with van der Waals surface area (Å²) in [5, 5.41) is 3.37. The van der Waals surface area contributed by atoms with Crippen molar-refractivity contribution in [3.8, 4) is 5.69 Å². The number of imidazole rings is 1. The fourth-order valence-electron chi connectivity index (χ4n) is 1.45. The van der Waals surface area contributed by atoms with Crippen LogP contribution in [0.5, 0.6) is 0 Å². The Morgan fingerprint density at radius 2 is 2.19 bits per heavy atom. The van der Waals surface area contributed by atoms with Crippen molar-refractivity contribution in [3.05, 3.63) is 42.7 Å². The number of nitrogens with one attached hydrogen (secondary N) is 1. The molecule has 1 N–H and O–H groups in total. The summed E-state index contributed by atoms with van der Waals surface area (Å²) in [7, 11) is 0. The topological polar surface area (TPSA) is 42.7 Å². The van der Waals surface area contributed by atoms with Gasteiger partial charge in [0.25, 0.3) is 0 Å². The second-order valence-electron chi connectivity index (χ2n) is 4.06. The van der Waals surface area contributed by atoms with Crippen LogP contribution in [0.1, 0.15) is 19.4 Å². The van der Waals surface area contributed by atoms with Crippen LogP contribution in [0, 0.1) is 0 Å². The minimum Gasteiger partial charge on any atom is -0.310 e. The highest BCUT2D eigenvalue weighted by Gasteiger charge is 1.99. The Hall–Kier alpha value is -1.68. The summed E-state index contributed by atoms with van der Waals surface area (Å²) in [5.41, 5.74) is 2.22. The third kappa shape index (κ3) is 2.67. The van der Waals surface area contributed by atoms with E-state index in [1.807, 2.05) is 23.2 Å². The zero-order valence-electron chi connectivity index (χ0n) is 9.59. The Balaban J connectivity index is 2.14. The summed E-state index contributed by atoms with van der Waals surface area (Å²) in [6.45, 7) is 5.10. The average Bonchev–Trinajstić information content (AvgIpc) is 2.80. The monoisotopic (exact) mass is 216 g/mol. The third-order valence-corrected chi connectivity index (χ3v) is 2.30. The number of aromatic nitrogens is 3. The fourth-order valence-corrected chi connectivity index (χ4v) is 1.45. The van der Waals surface area contributed by atoms with Crippen molar-refractivity contribution in [2.45, 2.75) is 26.4 Å². The van der Waals surface area contributed by atoms with Crippen molar-refractivity contribution in [2.75, 3.05) is 0 Å². The van der Waals surface area contributed by atoms with Crippen molar-refractivity contribution >= 4 is 0 Å². The van der Waals surface area contributed by atoms with Gasteiger partial charge in [0, 0.05) is 31.2 Å².